The number of tetrazole rings is 2. The van der Waals surface area contributed by atoms with E-state index in [0.29, 0.717) is 18.1 Å². The van der Waals surface area contributed by atoms with Crippen molar-refractivity contribution in [3.05, 3.63) is 69.1 Å². The van der Waals surface area contributed by atoms with Crippen LogP contribution in [0.15, 0.2) is 57.5 Å². The molecule has 8 nitrogen and oxygen atoms in total. The van der Waals surface area contributed by atoms with E-state index in [-0.39, 0.29) is 0 Å². The number of benzene rings is 2. The van der Waals surface area contributed by atoms with Gasteiger partial charge in [-0.15, -0.1) is 10.2 Å². The summed E-state index contributed by atoms with van der Waals surface area (Å²) in [7, 11) is 0. The molecule has 124 valence electrons. The quantitative estimate of drug-likeness (QED) is 0.464. The molecule has 0 bridgehead atoms. The van der Waals surface area contributed by atoms with Gasteiger partial charge in [0.25, 0.3) is 0 Å². The minimum absolute atomic E-state index is 0.395. The van der Waals surface area contributed by atoms with Gasteiger partial charge >= 0.3 is 0 Å². The van der Waals surface area contributed by atoms with Crippen molar-refractivity contribution in [3.63, 3.8) is 0 Å². The smallest absolute Gasteiger partial charge is 0.164 e. The Morgan fingerprint density at radius 3 is 1.44 bits per heavy atom. The monoisotopic (exact) mass is 460 g/mol. The van der Waals surface area contributed by atoms with Crippen LogP contribution < -0.4 is 0 Å². The van der Waals surface area contributed by atoms with Crippen LogP contribution in [0.3, 0.4) is 0 Å². The maximum absolute atomic E-state index is 4.11. The van der Waals surface area contributed by atoms with E-state index in [1.54, 1.807) is 9.36 Å². The first kappa shape index (κ1) is 16.0. The summed E-state index contributed by atoms with van der Waals surface area (Å²) in [6.45, 7) is 0. The zero-order chi connectivity index (χ0) is 17.2. The molecule has 10 heteroatoms. The van der Waals surface area contributed by atoms with Crippen LogP contribution in [0.5, 0.6) is 0 Å². The van der Waals surface area contributed by atoms with Gasteiger partial charge in [0.2, 0.25) is 0 Å². The molecule has 0 amide bonds. The normalized spacial score (nSPS) is 11.0. The number of aromatic nitrogens is 8. The summed E-state index contributed by atoms with van der Waals surface area (Å²) in [5, 5.41) is 23.9. The van der Waals surface area contributed by atoms with Crippen molar-refractivity contribution in [2.45, 2.75) is 6.42 Å². The molecule has 0 saturated carbocycles. The maximum Gasteiger partial charge on any atom is 0.164 e. The van der Waals surface area contributed by atoms with Crippen molar-refractivity contribution >= 4 is 31.9 Å². The SMILES string of the molecule is Brc1ccc(-n2nnnc2Cc2nnnn2-c2ccc(Br)cc2)cc1. The van der Waals surface area contributed by atoms with Gasteiger partial charge in [-0.3, -0.25) is 0 Å². The lowest BCUT2D eigenvalue weighted by molar-refractivity contribution is 0.740. The summed E-state index contributed by atoms with van der Waals surface area (Å²) in [6, 6.07) is 15.5. The second-order valence-electron chi connectivity index (χ2n) is 5.14. The van der Waals surface area contributed by atoms with Crippen molar-refractivity contribution in [3.8, 4) is 11.4 Å². The average Bonchev–Trinajstić information content (AvgIpc) is 3.26. The zero-order valence-corrected chi connectivity index (χ0v) is 15.8. The predicted molar refractivity (Wildman–Crippen MR) is 96.5 cm³/mol. The molecule has 0 atom stereocenters. The fourth-order valence-electron chi connectivity index (χ4n) is 2.34. The Morgan fingerprint density at radius 1 is 0.640 bits per heavy atom. The van der Waals surface area contributed by atoms with Gasteiger partial charge in [-0.25, -0.2) is 0 Å². The molecular formula is C15H10Br2N8. The van der Waals surface area contributed by atoms with E-state index >= 15 is 0 Å². The van der Waals surface area contributed by atoms with Gasteiger partial charge in [0.1, 0.15) is 0 Å². The highest BCUT2D eigenvalue weighted by molar-refractivity contribution is 9.10. The highest BCUT2D eigenvalue weighted by Gasteiger charge is 2.15. The van der Waals surface area contributed by atoms with Crippen LogP contribution in [-0.2, 0) is 6.42 Å². The van der Waals surface area contributed by atoms with Gasteiger partial charge in [0, 0.05) is 8.95 Å². The van der Waals surface area contributed by atoms with Crippen LogP contribution in [0, 0.1) is 0 Å². The van der Waals surface area contributed by atoms with E-state index in [1.165, 1.54) is 0 Å². The molecule has 2 aromatic heterocycles. The van der Waals surface area contributed by atoms with E-state index in [1.807, 2.05) is 48.5 Å². The molecular weight excluding hydrogens is 452 g/mol. The number of rotatable bonds is 4. The Kier molecular flexibility index (Phi) is 4.36. The van der Waals surface area contributed by atoms with Gasteiger partial charge in [-0.05, 0) is 69.4 Å². The van der Waals surface area contributed by atoms with E-state index in [2.05, 4.69) is 62.9 Å². The molecule has 25 heavy (non-hydrogen) atoms. The zero-order valence-electron chi connectivity index (χ0n) is 12.7. The van der Waals surface area contributed by atoms with E-state index < -0.39 is 0 Å². The van der Waals surface area contributed by atoms with Crippen molar-refractivity contribution in [1.29, 1.82) is 0 Å². The summed E-state index contributed by atoms with van der Waals surface area (Å²) >= 11 is 6.84. The summed E-state index contributed by atoms with van der Waals surface area (Å²) in [5.41, 5.74) is 1.73. The predicted octanol–water partition coefficient (Wildman–Crippen LogP) is 2.75. The Labute approximate surface area is 159 Å². The molecule has 0 unspecified atom stereocenters. The largest absolute Gasteiger partial charge is 0.197 e. The molecule has 4 rings (SSSR count). The Morgan fingerprint density at radius 2 is 1.04 bits per heavy atom. The number of nitrogens with zero attached hydrogens (tertiary/aromatic N) is 8. The van der Waals surface area contributed by atoms with E-state index in [9.17, 15) is 0 Å². The van der Waals surface area contributed by atoms with Gasteiger partial charge in [0.15, 0.2) is 11.6 Å². The van der Waals surface area contributed by atoms with E-state index in [4.69, 9.17) is 0 Å². The molecule has 0 aliphatic heterocycles. The second kappa shape index (κ2) is 6.81. The Bertz CT molecular complexity index is 909. The molecule has 0 radical (unpaired) electrons. The minimum Gasteiger partial charge on any atom is -0.197 e. The lowest BCUT2D eigenvalue weighted by Gasteiger charge is -2.06. The standard InChI is InChI=1S/C15H10Br2N8/c16-10-1-5-12(6-2-10)24-14(18-20-22-24)9-15-19-21-23-25(15)13-7-3-11(17)4-8-13/h1-8H,9H2. The Balaban J connectivity index is 1.67. The highest BCUT2D eigenvalue weighted by Crippen LogP contribution is 2.17. The molecule has 0 N–H and O–H groups in total. The van der Waals surface area contributed by atoms with Crippen molar-refractivity contribution < 1.29 is 0 Å². The summed E-state index contributed by atoms with van der Waals surface area (Å²) in [4.78, 5) is 0. The summed E-state index contributed by atoms with van der Waals surface area (Å²) < 4.78 is 5.33. The van der Waals surface area contributed by atoms with Gasteiger partial charge in [0.05, 0.1) is 17.8 Å². The summed E-state index contributed by atoms with van der Waals surface area (Å²) in [6.07, 6.45) is 0.395. The third kappa shape index (κ3) is 3.35. The molecule has 4 aromatic rings. The van der Waals surface area contributed by atoms with Crippen molar-refractivity contribution in [2.24, 2.45) is 0 Å². The average molecular weight is 462 g/mol. The topological polar surface area (TPSA) is 87.2 Å². The van der Waals surface area contributed by atoms with Crippen molar-refractivity contribution in [2.75, 3.05) is 0 Å². The minimum atomic E-state index is 0.395. The fourth-order valence-corrected chi connectivity index (χ4v) is 2.87. The molecule has 0 fully saturated rings. The molecule has 2 aromatic carbocycles. The molecule has 0 aliphatic carbocycles. The number of hydrogen-bond donors (Lipinski definition) is 0. The van der Waals surface area contributed by atoms with Gasteiger partial charge < -0.3 is 0 Å². The van der Waals surface area contributed by atoms with Crippen LogP contribution in [-0.4, -0.2) is 40.4 Å². The third-order valence-corrected chi connectivity index (χ3v) is 4.58. The van der Waals surface area contributed by atoms with Crippen LogP contribution in [0.4, 0.5) is 0 Å². The van der Waals surface area contributed by atoms with Crippen LogP contribution in [0.1, 0.15) is 11.6 Å². The van der Waals surface area contributed by atoms with Crippen LogP contribution >= 0.6 is 31.9 Å². The maximum atomic E-state index is 4.11. The van der Waals surface area contributed by atoms with E-state index in [0.717, 1.165) is 20.3 Å². The first-order valence-corrected chi connectivity index (χ1v) is 8.86. The number of halogens is 2. The summed E-state index contributed by atoms with van der Waals surface area (Å²) in [5.74, 6) is 1.30. The first-order chi connectivity index (χ1) is 12.2. The van der Waals surface area contributed by atoms with Crippen LogP contribution in [0.2, 0.25) is 0 Å². The molecule has 0 spiro atoms. The molecule has 2 heterocycles. The van der Waals surface area contributed by atoms with Crippen molar-refractivity contribution in [1.82, 2.24) is 40.4 Å². The first-order valence-electron chi connectivity index (χ1n) is 7.27. The van der Waals surface area contributed by atoms with Gasteiger partial charge in [-0.2, -0.15) is 9.36 Å². The third-order valence-electron chi connectivity index (χ3n) is 3.53. The van der Waals surface area contributed by atoms with Gasteiger partial charge in [-0.1, -0.05) is 31.9 Å². The molecule has 0 saturated heterocycles. The molecule has 0 aliphatic rings. The number of hydrogen-bond acceptors (Lipinski definition) is 6. The fraction of sp³-hybridized carbons (Fsp3) is 0.0667. The van der Waals surface area contributed by atoms with Crippen LogP contribution in [0.25, 0.3) is 11.4 Å². The Hall–Kier alpha value is -2.46. The highest BCUT2D eigenvalue weighted by atomic mass is 79.9. The second-order valence-corrected chi connectivity index (χ2v) is 6.97. The lowest BCUT2D eigenvalue weighted by atomic mass is 10.3. The lowest BCUT2D eigenvalue weighted by Crippen LogP contribution is -2.09.